The van der Waals surface area contributed by atoms with Gasteiger partial charge in [0, 0.05) is 53.9 Å². The van der Waals surface area contributed by atoms with Crippen molar-refractivity contribution in [2.24, 2.45) is 5.92 Å². The highest BCUT2D eigenvalue weighted by atomic mass is 16.5. The van der Waals surface area contributed by atoms with Crippen LogP contribution in [0.5, 0.6) is 5.75 Å². The largest absolute Gasteiger partial charge is 0.496 e. The number of aromatic amines is 1. The number of likely N-dealkylation sites (N-methyl/N-ethyl adjacent to an activating group) is 1. The van der Waals surface area contributed by atoms with Gasteiger partial charge in [0.2, 0.25) is 0 Å². The number of fused-ring (bicyclic) bond motifs is 3. The lowest BCUT2D eigenvalue weighted by Crippen LogP contribution is -2.48. The van der Waals surface area contributed by atoms with Gasteiger partial charge in [-0.2, -0.15) is 0 Å². The summed E-state index contributed by atoms with van der Waals surface area (Å²) in [4.78, 5) is 30.5. The topological polar surface area (TPSA) is 112 Å². The molecule has 2 N–H and O–H groups in total. The van der Waals surface area contributed by atoms with Gasteiger partial charge in [-0.15, -0.1) is 0 Å². The summed E-state index contributed by atoms with van der Waals surface area (Å²) < 4.78 is 11.3. The van der Waals surface area contributed by atoms with Crippen molar-refractivity contribution in [2.45, 2.75) is 41.0 Å². The number of benzene rings is 2. The minimum absolute atomic E-state index is 0.0519. The Labute approximate surface area is 251 Å². The smallest absolute Gasteiger partial charge is 0.321 e. The van der Waals surface area contributed by atoms with Crippen LogP contribution in [0.25, 0.3) is 44.3 Å². The van der Waals surface area contributed by atoms with Crippen molar-refractivity contribution >= 4 is 33.7 Å². The number of urea groups is 1. The highest BCUT2D eigenvalue weighted by molar-refractivity contribution is 6.13. The number of carbonyl (C=O) groups excluding carboxylic acids is 1. The second kappa shape index (κ2) is 11.3. The molecule has 1 fully saturated rings. The lowest BCUT2D eigenvalue weighted by atomic mass is 9.96. The lowest BCUT2D eigenvalue weighted by molar-refractivity contribution is 0.164. The summed E-state index contributed by atoms with van der Waals surface area (Å²) in [5.41, 5.74) is 8.04. The summed E-state index contributed by atoms with van der Waals surface area (Å²) in [5.74, 6) is 2.53. The average molecular weight is 582 g/mol. The number of rotatable bonds is 6. The highest BCUT2D eigenvalue weighted by Crippen LogP contribution is 2.41. The summed E-state index contributed by atoms with van der Waals surface area (Å²) in [5, 5.41) is 9.23. The van der Waals surface area contributed by atoms with Gasteiger partial charge in [-0.1, -0.05) is 25.1 Å². The molecule has 0 spiro atoms. The maximum atomic E-state index is 13.2. The Balaban J connectivity index is 1.46. The Hall–Kier alpha value is -4.44. The fourth-order valence-electron chi connectivity index (χ4n) is 6.05. The van der Waals surface area contributed by atoms with E-state index in [0.29, 0.717) is 11.7 Å². The zero-order valence-corrected chi connectivity index (χ0v) is 26.0. The first-order chi connectivity index (χ1) is 20.6. The molecule has 0 unspecified atom stereocenters. The third-order valence-corrected chi connectivity index (χ3v) is 8.22. The van der Waals surface area contributed by atoms with E-state index in [0.717, 1.165) is 105 Å². The number of piperazine rings is 1. The first-order valence-corrected chi connectivity index (χ1v) is 14.8. The van der Waals surface area contributed by atoms with E-state index in [9.17, 15) is 4.79 Å². The Morgan fingerprint density at radius 3 is 2.53 bits per heavy atom. The Morgan fingerprint density at radius 1 is 1.09 bits per heavy atom. The normalized spacial score (nSPS) is 14.3. The molecule has 1 aliphatic rings. The van der Waals surface area contributed by atoms with E-state index in [1.807, 2.05) is 43.9 Å². The molecule has 1 saturated heterocycles. The molecule has 224 valence electrons. The average Bonchev–Trinajstić information content (AvgIpc) is 3.50. The van der Waals surface area contributed by atoms with Crippen LogP contribution in [0.15, 0.2) is 34.9 Å². The summed E-state index contributed by atoms with van der Waals surface area (Å²) in [6, 6.07) is 10.3. The van der Waals surface area contributed by atoms with Crippen LogP contribution in [-0.2, 0) is 6.42 Å². The van der Waals surface area contributed by atoms with Crippen molar-refractivity contribution in [3.63, 3.8) is 0 Å². The number of hydrogen-bond acceptors (Lipinski definition) is 7. The van der Waals surface area contributed by atoms with E-state index in [4.69, 9.17) is 19.2 Å². The molecular formula is C33H39N7O3. The fourth-order valence-corrected chi connectivity index (χ4v) is 6.05. The number of anilines is 1. The first-order valence-electron chi connectivity index (χ1n) is 14.8. The van der Waals surface area contributed by atoms with Crippen molar-refractivity contribution in [1.29, 1.82) is 0 Å². The maximum Gasteiger partial charge on any atom is 0.321 e. The van der Waals surface area contributed by atoms with E-state index in [1.165, 1.54) is 0 Å². The number of H-pyrrole nitrogens is 1. The lowest BCUT2D eigenvalue weighted by Gasteiger charge is -2.32. The van der Waals surface area contributed by atoms with E-state index >= 15 is 0 Å². The molecular weight excluding hydrogens is 542 g/mol. The van der Waals surface area contributed by atoms with E-state index in [-0.39, 0.29) is 6.03 Å². The molecule has 10 nitrogen and oxygen atoms in total. The number of methoxy groups -OCH3 is 1. The van der Waals surface area contributed by atoms with Gasteiger partial charge in [0.25, 0.3) is 0 Å². The van der Waals surface area contributed by atoms with Crippen molar-refractivity contribution in [2.75, 3.05) is 45.7 Å². The van der Waals surface area contributed by atoms with Crippen molar-refractivity contribution < 1.29 is 14.1 Å². The first kappa shape index (κ1) is 28.7. The van der Waals surface area contributed by atoms with Gasteiger partial charge >= 0.3 is 6.03 Å². The minimum Gasteiger partial charge on any atom is -0.496 e. The van der Waals surface area contributed by atoms with Crippen molar-refractivity contribution in [3.05, 3.63) is 53.2 Å². The van der Waals surface area contributed by atoms with Crippen LogP contribution in [0.2, 0.25) is 0 Å². The summed E-state index contributed by atoms with van der Waals surface area (Å²) in [6.45, 7) is 13.3. The number of carbonyl (C=O) groups is 1. The van der Waals surface area contributed by atoms with Gasteiger partial charge in [-0.3, -0.25) is 0 Å². The van der Waals surface area contributed by atoms with Gasteiger partial charge in [0.05, 0.1) is 29.4 Å². The molecule has 0 aliphatic carbocycles. The van der Waals surface area contributed by atoms with Crippen LogP contribution in [0.1, 0.15) is 36.7 Å². The van der Waals surface area contributed by atoms with Gasteiger partial charge in [0.15, 0.2) is 0 Å². The molecule has 3 aromatic heterocycles. The molecule has 6 rings (SSSR count). The van der Waals surface area contributed by atoms with Crippen LogP contribution in [0.4, 0.5) is 10.5 Å². The molecule has 0 saturated carbocycles. The zero-order chi connectivity index (χ0) is 30.4. The molecule has 5 aromatic rings. The van der Waals surface area contributed by atoms with Crippen LogP contribution < -0.4 is 10.1 Å². The van der Waals surface area contributed by atoms with E-state index in [2.05, 4.69) is 53.4 Å². The third-order valence-electron chi connectivity index (χ3n) is 8.22. The molecule has 10 heteroatoms. The monoisotopic (exact) mass is 581 g/mol. The minimum atomic E-state index is -0.0519. The zero-order valence-electron chi connectivity index (χ0n) is 26.0. The predicted octanol–water partition coefficient (Wildman–Crippen LogP) is 6.34. The van der Waals surface area contributed by atoms with Gasteiger partial charge in [-0.25, -0.2) is 14.8 Å². The van der Waals surface area contributed by atoms with Gasteiger partial charge in [-0.05, 0) is 70.0 Å². The molecule has 43 heavy (non-hydrogen) atoms. The van der Waals surface area contributed by atoms with Crippen LogP contribution >= 0.6 is 0 Å². The Kier molecular flexibility index (Phi) is 7.56. The van der Waals surface area contributed by atoms with Gasteiger partial charge < -0.3 is 29.4 Å². The molecule has 0 atom stereocenters. The standard InChI is InChI=1S/C33H39N7O3/c1-18(2)14-23-15-22(8-9-26(23)37-33(41)40-12-10-39(6)11-13-40)31-30-24-17-28(42-7)25(29-19(3)38-43-20(29)4)16-27(24)36-32(30)35-21(5)34-31/h8-9,15-18H,10-14H2,1-7H3,(H,37,41)(H,34,35,36). The fraction of sp³-hybridized carbons (Fsp3) is 0.394. The number of aryl methyl sites for hydroxylation is 3. The van der Waals surface area contributed by atoms with Crippen LogP contribution in [-0.4, -0.2) is 76.3 Å². The SMILES string of the molecule is COc1cc2c(cc1-c1c(C)noc1C)[nH]c1nc(C)nc(-c3ccc(NC(=O)N4CCN(C)CC4)c(CC(C)C)c3)c12. The number of ether oxygens (including phenoxy) is 1. The molecule has 2 aromatic carbocycles. The Morgan fingerprint density at radius 2 is 1.86 bits per heavy atom. The second-order valence-corrected chi connectivity index (χ2v) is 12.0. The summed E-state index contributed by atoms with van der Waals surface area (Å²) in [7, 11) is 3.76. The van der Waals surface area contributed by atoms with Crippen LogP contribution in [0, 0.1) is 26.7 Å². The number of aromatic nitrogens is 4. The summed E-state index contributed by atoms with van der Waals surface area (Å²) in [6.07, 6.45) is 0.821. The number of amides is 2. The Bertz CT molecular complexity index is 1810. The molecule has 2 amide bonds. The predicted molar refractivity (Wildman–Crippen MR) is 170 cm³/mol. The second-order valence-electron chi connectivity index (χ2n) is 12.0. The third kappa shape index (κ3) is 5.43. The quantitative estimate of drug-likeness (QED) is 0.240. The number of hydrogen-bond donors (Lipinski definition) is 2. The maximum absolute atomic E-state index is 13.2. The van der Waals surface area contributed by atoms with Crippen LogP contribution in [0.3, 0.4) is 0 Å². The highest BCUT2D eigenvalue weighted by Gasteiger charge is 2.23. The molecule has 4 heterocycles. The molecule has 0 radical (unpaired) electrons. The summed E-state index contributed by atoms with van der Waals surface area (Å²) >= 11 is 0. The van der Waals surface area contributed by atoms with Gasteiger partial charge in [0.1, 0.15) is 23.0 Å². The van der Waals surface area contributed by atoms with E-state index in [1.54, 1.807) is 7.11 Å². The number of nitrogens with zero attached hydrogens (tertiary/aromatic N) is 5. The molecule has 1 aliphatic heterocycles. The number of nitrogens with one attached hydrogen (secondary N) is 2. The van der Waals surface area contributed by atoms with Crippen molar-refractivity contribution in [3.8, 4) is 28.1 Å². The van der Waals surface area contributed by atoms with E-state index < -0.39 is 0 Å². The van der Waals surface area contributed by atoms with Crippen molar-refractivity contribution in [1.82, 2.24) is 29.9 Å². The molecule has 0 bridgehead atoms.